The first-order valence-corrected chi connectivity index (χ1v) is 7.20. The van der Waals surface area contributed by atoms with Gasteiger partial charge in [0.1, 0.15) is 0 Å². The molecular formula is C15H23ClN3O2-. The van der Waals surface area contributed by atoms with Crippen molar-refractivity contribution in [2.24, 2.45) is 0 Å². The van der Waals surface area contributed by atoms with Gasteiger partial charge in [-0.2, -0.15) is 0 Å². The molecule has 1 aromatic rings. The third-order valence-corrected chi connectivity index (χ3v) is 3.57. The molecule has 2 heterocycles. The second kappa shape index (κ2) is 9.71. The van der Waals surface area contributed by atoms with Gasteiger partial charge in [-0.1, -0.05) is 0 Å². The number of carbonyl (C=O) groups is 1. The molecule has 1 amide bonds. The van der Waals surface area contributed by atoms with Gasteiger partial charge < -0.3 is 22.0 Å². The second-order valence-electron chi connectivity index (χ2n) is 5.10. The molecule has 6 heteroatoms. The van der Waals surface area contributed by atoms with E-state index in [9.17, 15) is 4.79 Å². The number of hydrogen-bond acceptors (Lipinski definition) is 4. The quantitative estimate of drug-likeness (QED) is 0.619. The van der Waals surface area contributed by atoms with Gasteiger partial charge in [0.15, 0.2) is 0 Å². The van der Waals surface area contributed by atoms with Crippen LogP contribution in [0.1, 0.15) is 18.9 Å². The molecule has 0 unspecified atom stereocenters. The van der Waals surface area contributed by atoms with Gasteiger partial charge in [-0.05, 0) is 24.1 Å². The first-order chi connectivity index (χ1) is 9.75. The highest BCUT2D eigenvalue weighted by molar-refractivity contribution is 5.73. The Kier molecular flexibility index (Phi) is 8.27. The van der Waals surface area contributed by atoms with Crippen molar-refractivity contribution in [2.45, 2.75) is 19.9 Å². The van der Waals surface area contributed by atoms with E-state index in [4.69, 9.17) is 4.74 Å². The van der Waals surface area contributed by atoms with E-state index in [0.717, 1.165) is 51.4 Å². The Morgan fingerprint density at radius 1 is 1.33 bits per heavy atom. The van der Waals surface area contributed by atoms with Crippen LogP contribution in [0.3, 0.4) is 0 Å². The summed E-state index contributed by atoms with van der Waals surface area (Å²) in [7, 11) is 0. The minimum atomic E-state index is 0. The van der Waals surface area contributed by atoms with Crippen molar-refractivity contribution in [2.75, 3.05) is 39.4 Å². The molecule has 2 rings (SSSR count). The molecule has 0 spiro atoms. The molecule has 0 aromatic carbocycles. The Morgan fingerprint density at radius 3 is 2.62 bits per heavy atom. The van der Waals surface area contributed by atoms with Gasteiger partial charge in [-0.3, -0.25) is 14.7 Å². The van der Waals surface area contributed by atoms with Crippen LogP contribution in [0.25, 0.3) is 0 Å². The molecule has 0 radical (unpaired) electrons. The Balaban J connectivity index is 0.00000220. The minimum absolute atomic E-state index is 0. The van der Waals surface area contributed by atoms with Crippen molar-refractivity contribution in [3.63, 3.8) is 0 Å². The normalized spacial score (nSPS) is 15.3. The van der Waals surface area contributed by atoms with Crippen molar-refractivity contribution >= 4 is 5.91 Å². The van der Waals surface area contributed by atoms with Crippen LogP contribution in [-0.2, 0) is 16.1 Å². The fourth-order valence-corrected chi connectivity index (χ4v) is 2.37. The smallest absolute Gasteiger partial charge is 0.219 e. The summed E-state index contributed by atoms with van der Waals surface area (Å²) in [5.41, 5.74) is 1.13. The molecule has 118 valence electrons. The van der Waals surface area contributed by atoms with E-state index >= 15 is 0 Å². The number of aromatic nitrogens is 1. The van der Waals surface area contributed by atoms with E-state index < -0.39 is 0 Å². The lowest BCUT2D eigenvalue weighted by Gasteiger charge is -2.28. The van der Waals surface area contributed by atoms with Crippen molar-refractivity contribution in [1.82, 2.24) is 14.8 Å². The van der Waals surface area contributed by atoms with Crippen LogP contribution < -0.4 is 12.4 Å². The molecule has 0 bridgehead atoms. The molecule has 1 aromatic heterocycles. The predicted molar refractivity (Wildman–Crippen MR) is 77.2 cm³/mol. The van der Waals surface area contributed by atoms with Gasteiger partial charge >= 0.3 is 0 Å². The van der Waals surface area contributed by atoms with Crippen LogP contribution >= 0.6 is 0 Å². The average molecular weight is 313 g/mol. The maximum atomic E-state index is 11.7. The summed E-state index contributed by atoms with van der Waals surface area (Å²) in [5, 5.41) is 0. The molecule has 21 heavy (non-hydrogen) atoms. The van der Waals surface area contributed by atoms with Gasteiger partial charge in [0.25, 0.3) is 0 Å². The summed E-state index contributed by atoms with van der Waals surface area (Å²) in [6, 6.07) is 3.91. The Labute approximate surface area is 132 Å². The van der Waals surface area contributed by atoms with Crippen LogP contribution in [-0.4, -0.2) is 60.1 Å². The second-order valence-corrected chi connectivity index (χ2v) is 5.10. The average Bonchev–Trinajstić information content (AvgIpc) is 2.48. The zero-order valence-electron chi connectivity index (χ0n) is 12.5. The van der Waals surface area contributed by atoms with E-state index in [2.05, 4.69) is 9.88 Å². The van der Waals surface area contributed by atoms with Crippen LogP contribution in [0, 0.1) is 0 Å². The Morgan fingerprint density at radius 2 is 2.00 bits per heavy atom. The largest absolute Gasteiger partial charge is 1.00 e. The number of nitrogens with zero attached hydrogens (tertiary/aromatic N) is 3. The minimum Gasteiger partial charge on any atom is -1.00 e. The van der Waals surface area contributed by atoms with Crippen molar-refractivity contribution in [1.29, 1.82) is 0 Å². The molecule has 0 saturated carbocycles. The summed E-state index contributed by atoms with van der Waals surface area (Å²) in [5.74, 6) is 0.129. The molecule has 0 N–H and O–H groups in total. The summed E-state index contributed by atoms with van der Waals surface area (Å²) >= 11 is 0. The lowest BCUT2D eigenvalue weighted by Crippen LogP contribution is -3.00. The zero-order valence-corrected chi connectivity index (χ0v) is 13.3. The van der Waals surface area contributed by atoms with Gasteiger partial charge in [0.2, 0.25) is 5.91 Å². The summed E-state index contributed by atoms with van der Waals surface area (Å²) in [6.07, 6.45) is 4.54. The van der Waals surface area contributed by atoms with Crippen molar-refractivity contribution in [3.8, 4) is 0 Å². The third-order valence-electron chi connectivity index (χ3n) is 3.57. The van der Waals surface area contributed by atoms with E-state index in [1.807, 2.05) is 17.0 Å². The Bertz CT molecular complexity index is 411. The maximum Gasteiger partial charge on any atom is 0.219 e. The van der Waals surface area contributed by atoms with Gasteiger partial charge in [0.05, 0.1) is 13.2 Å². The fraction of sp³-hybridized carbons (Fsp3) is 0.600. The number of ether oxygens (including phenoxy) is 1. The molecular weight excluding hydrogens is 290 g/mol. The number of pyridine rings is 1. The van der Waals surface area contributed by atoms with E-state index in [1.54, 1.807) is 19.3 Å². The molecule has 1 aliphatic heterocycles. The SMILES string of the molecule is CC(=O)N(CCCN1CCOCC1)Cc1ccncc1.[Cl-]. The summed E-state index contributed by atoms with van der Waals surface area (Å²) in [6.45, 7) is 7.80. The summed E-state index contributed by atoms with van der Waals surface area (Å²) < 4.78 is 5.33. The number of amides is 1. The lowest BCUT2D eigenvalue weighted by molar-refractivity contribution is -0.129. The molecule has 1 aliphatic rings. The first kappa shape index (κ1) is 17.9. The number of halogens is 1. The third kappa shape index (κ3) is 6.42. The molecule has 1 saturated heterocycles. The highest BCUT2D eigenvalue weighted by Gasteiger charge is 2.12. The molecule has 5 nitrogen and oxygen atoms in total. The molecule has 1 fully saturated rings. The number of carbonyl (C=O) groups excluding carboxylic acids is 1. The van der Waals surface area contributed by atoms with Crippen molar-refractivity contribution < 1.29 is 21.9 Å². The van der Waals surface area contributed by atoms with Crippen LogP contribution in [0.2, 0.25) is 0 Å². The van der Waals surface area contributed by atoms with E-state index in [0.29, 0.717) is 6.54 Å². The number of morpholine rings is 1. The highest BCUT2D eigenvalue weighted by Crippen LogP contribution is 2.06. The Hall–Kier alpha value is -1.17. The zero-order chi connectivity index (χ0) is 14.2. The molecule has 0 atom stereocenters. The standard InChI is InChI=1S/C15H23N3O2.ClH/c1-14(19)18(13-15-3-5-16-6-4-15)8-2-7-17-9-11-20-12-10-17;/h3-6H,2,7-13H2,1H3;1H/p-1. The first-order valence-electron chi connectivity index (χ1n) is 7.20. The predicted octanol–water partition coefficient (Wildman–Crippen LogP) is -1.84. The van der Waals surface area contributed by atoms with Gasteiger partial charge in [-0.25, -0.2) is 0 Å². The summed E-state index contributed by atoms with van der Waals surface area (Å²) in [4.78, 5) is 20.0. The van der Waals surface area contributed by atoms with Crippen LogP contribution in [0.15, 0.2) is 24.5 Å². The number of hydrogen-bond donors (Lipinski definition) is 0. The van der Waals surface area contributed by atoms with Gasteiger partial charge in [0, 0.05) is 52.0 Å². The highest BCUT2D eigenvalue weighted by atomic mass is 35.5. The van der Waals surface area contributed by atoms with Crippen LogP contribution in [0.4, 0.5) is 0 Å². The van der Waals surface area contributed by atoms with Gasteiger partial charge in [-0.15, -0.1) is 0 Å². The maximum absolute atomic E-state index is 11.7. The van der Waals surface area contributed by atoms with E-state index in [-0.39, 0.29) is 18.3 Å². The number of rotatable bonds is 6. The fourth-order valence-electron chi connectivity index (χ4n) is 2.37. The van der Waals surface area contributed by atoms with Crippen LogP contribution in [0.5, 0.6) is 0 Å². The molecule has 0 aliphatic carbocycles. The van der Waals surface area contributed by atoms with E-state index in [1.165, 1.54) is 0 Å². The topological polar surface area (TPSA) is 45.7 Å². The van der Waals surface area contributed by atoms with Crippen molar-refractivity contribution in [3.05, 3.63) is 30.1 Å². The lowest BCUT2D eigenvalue weighted by atomic mass is 10.2. The monoisotopic (exact) mass is 312 g/mol.